The van der Waals surface area contributed by atoms with Crippen molar-refractivity contribution in [3.05, 3.63) is 12.2 Å². The molecule has 0 atom stereocenters. The van der Waals surface area contributed by atoms with E-state index >= 15 is 0 Å². The van der Waals surface area contributed by atoms with Crippen molar-refractivity contribution >= 4 is 13.8 Å². The Kier molecular flexibility index (Phi) is 13.4. The van der Waals surface area contributed by atoms with E-state index in [1.54, 1.807) is 6.92 Å². The first kappa shape index (κ1) is 20.6. The number of ether oxygens (including phenoxy) is 1. The van der Waals surface area contributed by atoms with E-state index in [0.717, 1.165) is 32.1 Å². The predicted molar refractivity (Wildman–Crippen MR) is 70.2 cm³/mol. The molecule has 0 bridgehead atoms. The first-order valence-corrected chi connectivity index (χ1v) is 7.46. The molecule has 0 saturated carbocycles. The topological polar surface area (TPSA) is 124 Å². The van der Waals surface area contributed by atoms with E-state index in [1.165, 1.54) is 0 Å². The molecule has 0 spiro atoms. The van der Waals surface area contributed by atoms with Gasteiger partial charge in [0, 0.05) is 12.2 Å². The molecule has 0 aliphatic carbocycles. The van der Waals surface area contributed by atoms with Crippen LogP contribution in [0.25, 0.3) is 0 Å². The molecule has 8 heteroatoms. The van der Waals surface area contributed by atoms with Gasteiger partial charge in [-0.25, -0.2) is 9.36 Å². The summed E-state index contributed by atoms with van der Waals surface area (Å²) < 4.78 is 13.8. The summed E-state index contributed by atoms with van der Waals surface area (Å²) in [5.41, 5.74) is 0.449. The average molecular weight is 298 g/mol. The zero-order chi connectivity index (χ0) is 15.3. The zero-order valence-electron chi connectivity index (χ0n) is 11.1. The minimum absolute atomic E-state index is 0.268. The number of hydrogen-bond acceptors (Lipinski definition) is 4. The molecule has 7 nitrogen and oxygen atoms in total. The number of aliphatic hydroxyl groups is 1. The molecule has 0 aromatic carbocycles. The lowest BCUT2D eigenvalue weighted by Crippen LogP contribution is -2.05. The highest BCUT2D eigenvalue weighted by molar-refractivity contribution is 7.45. The van der Waals surface area contributed by atoms with E-state index in [-0.39, 0.29) is 12.6 Å². The SMILES string of the molecule is C=C(C)C(=O)OCCCCCCCO.O=P(O)(O)O. The van der Waals surface area contributed by atoms with Gasteiger partial charge in [-0.05, 0) is 19.8 Å². The third-order valence-electron chi connectivity index (χ3n) is 1.88. The molecule has 0 amide bonds. The molecular formula is C11H23O7P. The summed E-state index contributed by atoms with van der Waals surface area (Å²) in [5.74, 6) is -0.305. The molecule has 0 aliphatic heterocycles. The lowest BCUT2D eigenvalue weighted by molar-refractivity contribution is -0.139. The summed E-state index contributed by atoms with van der Waals surface area (Å²) in [7, 11) is -4.64. The van der Waals surface area contributed by atoms with E-state index < -0.39 is 7.82 Å². The fraction of sp³-hybridized carbons (Fsp3) is 0.727. The molecule has 0 aromatic heterocycles. The summed E-state index contributed by atoms with van der Waals surface area (Å²) in [6.07, 6.45) is 4.94. The summed E-state index contributed by atoms with van der Waals surface area (Å²) >= 11 is 0. The maximum atomic E-state index is 10.9. The van der Waals surface area contributed by atoms with Gasteiger partial charge in [0.2, 0.25) is 0 Å². The van der Waals surface area contributed by atoms with Gasteiger partial charge in [-0.2, -0.15) is 0 Å². The van der Waals surface area contributed by atoms with Crippen LogP contribution in [-0.2, 0) is 14.1 Å². The standard InChI is InChI=1S/C11H20O3.H3O4P/c1-10(2)11(13)14-9-7-5-3-4-6-8-12;1-5(2,3)4/h12H,1,3-9H2,2H3;(H3,1,2,3,4). The second-order valence-electron chi connectivity index (χ2n) is 3.92. The monoisotopic (exact) mass is 298 g/mol. The van der Waals surface area contributed by atoms with Crippen LogP contribution in [0.2, 0.25) is 0 Å². The second kappa shape index (κ2) is 12.3. The lowest BCUT2D eigenvalue weighted by atomic mass is 10.1. The van der Waals surface area contributed by atoms with Crippen LogP contribution >= 0.6 is 7.82 Å². The highest BCUT2D eigenvalue weighted by Gasteiger charge is 2.01. The van der Waals surface area contributed by atoms with E-state index in [9.17, 15) is 4.79 Å². The normalized spacial score (nSPS) is 10.4. The molecule has 19 heavy (non-hydrogen) atoms. The van der Waals surface area contributed by atoms with E-state index in [0.29, 0.717) is 12.2 Å². The van der Waals surface area contributed by atoms with Gasteiger partial charge < -0.3 is 24.5 Å². The first-order chi connectivity index (χ1) is 8.68. The first-order valence-electron chi connectivity index (χ1n) is 5.90. The van der Waals surface area contributed by atoms with Gasteiger partial charge in [-0.1, -0.05) is 25.8 Å². The Labute approximate surface area is 113 Å². The van der Waals surface area contributed by atoms with Crippen molar-refractivity contribution in [2.75, 3.05) is 13.2 Å². The van der Waals surface area contributed by atoms with Crippen LogP contribution in [0.3, 0.4) is 0 Å². The second-order valence-corrected chi connectivity index (χ2v) is 4.95. The zero-order valence-corrected chi connectivity index (χ0v) is 12.0. The maximum Gasteiger partial charge on any atom is 0.466 e. The number of unbranched alkanes of at least 4 members (excludes halogenated alkanes) is 4. The average Bonchev–Trinajstić information content (AvgIpc) is 2.25. The van der Waals surface area contributed by atoms with Crippen molar-refractivity contribution in [2.24, 2.45) is 0 Å². The molecule has 0 fully saturated rings. The van der Waals surface area contributed by atoms with Gasteiger partial charge >= 0.3 is 13.8 Å². The molecular weight excluding hydrogens is 275 g/mol. The Morgan fingerprint density at radius 2 is 1.53 bits per heavy atom. The van der Waals surface area contributed by atoms with Crippen LogP contribution in [0.15, 0.2) is 12.2 Å². The van der Waals surface area contributed by atoms with Crippen LogP contribution in [-0.4, -0.2) is 39.0 Å². The van der Waals surface area contributed by atoms with E-state index in [1.807, 2.05) is 0 Å². The van der Waals surface area contributed by atoms with Gasteiger partial charge in [0.1, 0.15) is 0 Å². The number of carbonyl (C=O) groups excluding carboxylic acids is 1. The quantitative estimate of drug-likeness (QED) is 0.229. The lowest BCUT2D eigenvalue weighted by Gasteiger charge is -2.03. The number of rotatable bonds is 8. The highest BCUT2D eigenvalue weighted by atomic mass is 31.2. The summed E-state index contributed by atoms with van der Waals surface area (Å²) in [4.78, 5) is 32.5. The van der Waals surface area contributed by atoms with Gasteiger partial charge in [0.15, 0.2) is 0 Å². The summed E-state index contributed by atoms with van der Waals surface area (Å²) in [6, 6.07) is 0. The van der Waals surface area contributed by atoms with E-state index in [2.05, 4.69) is 6.58 Å². The molecule has 0 unspecified atom stereocenters. The Morgan fingerprint density at radius 1 is 1.11 bits per heavy atom. The predicted octanol–water partition coefficient (Wildman–Crippen LogP) is 1.12. The Hall–Kier alpha value is -0.720. The molecule has 0 saturated heterocycles. The van der Waals surface area contributed by atoms with Crippen LogP contribution < -0.4 is 0 Å². The molecule has 114 valence electrons. The van der Waals surface area contributed by atoms with Gasteiger partial charge in [-0.3, -0.25) is 0 Å². The molecule has 0 heterocycles. The highest BCUT2D eigenvalue weighted by Crippen LogP contribution is 2.25. The van der Waals surface area contributed by atoms with Crippen molar-refractivity contribution in [1.29, 1.82) is 0 Å². The van der Waals surface area contributed by atoms with Crippen molar-refractivity contribution in [3.8, 4) is 0 Å². The minimum Gasteiger partial charge on any atom is -0.462 e. The molecule has 0 radical (unpaired) electrons. The summed E-state index contributed by atoms with van der Waals surface area (Å²) in [6.45, 7) is 5.88. The number of hydrogen-bond donors (Lipinski definition) is 4. The molecule has 0 rings (SSSR count). The van der Waals surface area contributed by atoms with Crippen molar-refractivity contribution in [2.45, 2.75) is 39.0 Å². The third-order valence-corrected chi connectivity index (χ3v) is 1.88. The largest absolute Gasteiger partial charge is 0.466 e. The Bertz CT molecular complexity index is 289. The third kappa shape index (κ3) is 26.8. The van der Waals surface area contributed by atoms with Crippen molar-refractivity contribution in [1.82, 2.24) is 0 Å². The van der Waals surface area contributed by atoms with Crippen LogP contribution in [0.4, 0.5) is 0 Å². The molecule has 4 N–H and O–H groups in total. The van der Waals surface area contributed by atoms with Gasteiger partial charge in [0.25, 0.3) is 0 Å². The van der Waals surface area contributed by atoms with Gasteiger partial charge in [-0.15, -0.1) is 0 Å². The Balaban J connectivity index is 0. The number of aliphatic hydroxyl groups excluding tert-OH is 1. The summed E-state index contributed by atoms with van der Waals surface area (Å²) in [5, 5.41) is 8.52. The number of esters is 1. The van der Waals surface area contributed by atoms with Crippen LogP contribution in [0, 0.1) is 0 Å². The number of phosphoric acid groups is 1. The smallest absolute Gasteiger partial charge is 0.462 e. The van der Waals surface area contributed by atoms with Crippen LogP contribution in [0.5, 0.6) is 0 Å². The van der Waals surface area contributed by atoms with E-state index in [4.69, 9.17) is 29.1 Å². The van der Waals surface area contributed by atoms with Crippen molar-refractivity contribution < 1.29 is 33.9 Å². The van der Waals surface area contributed by atoms with Crippen LogP contribution in [0.1, 0.15) is 39.0 Å². The Morgan fingerprint density at radius 3 is 1.95 bits per heavy atom. The molecule has 0 aliphatic rings. The van der Waals surface area contributed by atoms with Crippen molar-refractivity contribution in [3.63, 3.8) is 0 Å². The maximum absolute atomic E-state index is 10.9. The van der Waals surface area contributed by atoms with Gasteiger partial charge in [0.05, 0.1) is 6.61 Å². The molecule has 0 aromatic rings. The number of carbonyl (C=O) groups is 1. The fourth-order valence-electron chi connectivity index (χ4n) is 1.03. The fourth-order valence-corrected chi connectivity index (χ4v) is 1.03. The minimum atomic E-state index is -4.64.